The number of fused-ring (bicyclic) bond motifs is 5. The van der Waals surface area contributed by atoms with Crippen molar-refractivity contribution in [3.63, 3.8) is 0 Å². The first-order chi connectivity index (χ1) is 24.7. The van der Waals surface area contributed by atoms with Gasteiger partial charge in [0.15, 0.2) is 0 Å². The normalized spacial score (nSPS) is 31.6. The lowest BCUT2D eigenvalue weighted by atomic mass is 9.47. The Morgan fingerprint density at radius 2 is 1.35 bits per heavy atom. The largest absolute Gasteiger partial charge is 0.375 e. The topological polar surface area (TPSA) is 44.5 Å². The molecule has 51 heavy (non-hydrogen) atoms. The van der Waals surface area contributed by atoms with Crippen LogP contribution in [0.3, 0.4) is 0 Å². The third-order valence-electron chi connectivity index (χ3n) is 15.4. The zero-order chi connectivity index (χ0) is 36.5. The smallest absolute Gasteiger partial charge is 0.0930 e. The van der Waals surface area contributed by atoms with Gasteiger partial charge in [-0.15, -0.1) is 0 Å². The van der Waals surface area contributed by atoms with Crippen molar-refractivity contribution in [2.75, 3.05) is 19.8 Å². The van der Waals surface area contributed by atoms with Crippen molar-refractivity contribution in [3.8, 4) is 0 Å². The molecule has 2 N–H and O–H groups in total. The standard InChI is InChI=1S/C48H89NO2/c1-7-8-9-10-11-12-13-14-15-16-17-18-19-20-21-22-34-50-42(36-49)37-51-41-30-32-47(5)40(35-41)26-27-43-45-29-28-44(39(4)25-23-24-38(2)3)48(45,6)33-31-46(43)47/h26,38-39,41-46H,7-25,27-37,49H2,1-6H3/t39-,41?,42?,43?,44-,45?,46?,47+,48-/m1/s1. The van der Waals surface area contributed by atoms with Gasteiger partial charge >= 0.3 is 0 Å². The van der Waals surface area contributed by atoms with Gasteiger partial charge in [0.05, 0.1) is 18.8 Å². The lowest BCUT2D eigenvalue weighted by Gasteiger charge is -2.58. The number of hydrogen-bond acceptors (Lipinski definition) is 3. The first kappa shape index (κ1) is 43.3. The van der Waals surface area contributed by atoms with Crippen LogP contribution >= 0.6 is 0 Å². The van der Waals surface area contributed by atoms with Crippen LogP contribution < -0.4 is 5.73 Å². The molecule has 0 spiro atoms. The Bertz CT molecular complexity index is 961. The molecule has 0 radical (unpaired) electrons. The zero-order valence-corrected chi connectivity index (χ0v) is 35.3. The SMILES string of the molecule is CCCCCCCCCCCCCCCCCCOC(CN)COC1CC[C@@]2(C)C(=CCC3C2CC[C@@]2(C)C3CC[C@@H]2[C@H](C)CCCC(C)C)C1. The van der Waals surface area contributed by atoms with Crippen LogP contribution in [-0.2, 0) is 9.47 Å². The van der Waals surface area contributed by atoms with E-state index in [2.05, 4.69) is 47.6 Å². The van der Waals surface area contributed by atoms with Gasteiger partial charge in [-0.2, -0.15) is 0 Å². The van der Waals surface area contributed by atoms with Gasteiger partial charge in [0.2, 0.25) is 0 Å². The van der Waals surface area contributed by atoms with Crippen LogP contribution in [0.4, 0.5) is 0 Å². The van der Waals surface area contributed by atoms with E-state index in [9.17, 15) is 0 Å². The maximum atomic E-state index is 6.58. The molecule has 3 nitrogen and oxygen atoms in total. The summed E-state index contributed by atoms with van der Waals surface area (Å²) in [5.41, 5.74) is 8.86. The van der Waals surface area contributed by atoms with Gasteiger partial charge in [-0.3, -0.25) is 0 Å². The average Bonchev–Trinajstić information content (AvgIpc) is 3.48. The fourth-order valence-corrected chi connectivity index (χ4v) is 12.1. The molecule has 3 saturated carbocycles. The van der Waals surface area contributed by atoms with E-state index in [0.717, 1.165) is 55.0 Å². The zero-order valence-electron chi connectivity index (χ0n) is 35.3. The van der Waals surface area contributed by atoms with Crippen molar-refractivity contribution >= 4 is 0 Å². The van der Waals surface area contributed by atoms with Crippen LogP contribution in [0.25, 0.3) is 0 Å². The van der Waals surface area contributed by atoms with Crippen molar-refractivity contribution in [2.45, 2.75) is 227 Å². The van der Waals surface area contributed by atoms with Gasteiger partial charge in [-0.05, 0) is 104 Å². The maximum Gasteiger partial charge on any atom is 0.0930 e. The third-order valence-corrected chi connectivity index (χ3v) is 15.4. The van der Waals surface area contributed by atoms with Crippen molar-refractivity contribution in [2.24, 2.45) is 52.1 Å². The molecule has 3 heteroatoms. The molecule has 5 unspecified atom stereocenters. The van der Waals surface area contributed by atoms with E-state index >= 15 is 0 Å². The monoisotopic (exact) mass is 712 g/mol. The molecule has 0 aromatic rings. The Kier molecular flexibility index (Phi) is 19.4. The molecule has 0 heterocycles. The van der Waals surface area contributed by atoms with E-state index in [4.69, 9.17) is 15.2 Å². The molecule has 0 aliphatic heterocycles. The van der Waals surface area contributed by atoms with Crippen molar-refractivity contribution in [3.05, 3.63) is 11.6 Å². The third kappa shape index (κ3) is 12.8. The van der Waals surface area contributed by atoms with Gasteiger partial charge in [0, 0.05) is 13.2 Å². The molecule has 3 fully saturated rings. The molecule has 4 aliphatic carbocycles. The number of nitrogens with two attached hydrogens (primary N) is 1. The molecular formula is C48H89NO2. The van der Waals surface area contributed by atoms with Crippen molar-refractivity contribution in [1.29, 1.82) is 0 Å². The molecule has 4 aliphatic rings. The maximum absolute atomic E-state index is 6.58. The average molecular weight is 712 g/mol. The predicted octanol–water partition coefficient (Wildman–Crippen LogP) is 14.0. The van der Waals surface area contributed by atoms with E-state index in [1.54, 1.807) is 5.57 Å². The molecule has 0 saturated heterocycles. The highest BCUT2D eigenvalue weighted by Gasteiger charge is 2.59. The lowest BCUT2D eigenvalue weighted by molar-refractivity contribution is -0.0777. The van der Waals surface area contributed by atoms with Gasteiger partial charge in [-0.1, -0.05) is 169 Å². The second kappa shape index (κ2) is 22.9. The van der Waals surface area contributed by atoms with Crippen molar-refractivity contribution in [1.82, 2.24) is 0 Å². The van der Waals surface area contributed by atoms with Crippen LogP contribution in [0, 0.1) is 46.3 Å². The summed E-state index contributed by atoms with van der Waals surface area (Å²) in [7, 11) is 0. The van der Waals surface area contributed by atoms with Gasteiger partial charge < -0.3 is 15.2 Å². The molecule has 4 rings (SSSR count). The van der Waals surface area contributed by atoms with E-state index in [1.807, 2.05) is 0 Å². The Morgan fingerprint density at radius 1 is 0.725 bits per heavy atom. The minimum absolute atomic E-state index is 0.0402. The van der Waals surface area contributed by atoms with E-state index in [1.165, 1.54) is 161 Å². The summed E-state index contributed by atoms with van der Waals surface area (Å²) in [6.45, 7) is 17.1. The minimum atomic E-state index is 0.0402. The molecule has 0 aromatic carbocycles. The van der Waals surface area contributed by atoms with E-state index in [0.29, 0.717) is 30.1 Å². The molecule has 0 aromatic heterocycles. The number of ether oxygens (including phenoxy) is 2. The van der Waals surface area contributed by atoms with Crippen LogP contribution in [0.1, 0.15) is 215 Å². The molecule has 9 atom stereocenters. The Labute approximate surface area is 319 Å². The number of rotatable bonds is 27. The summed E-state index contributed by atoms with van der Waals surface area (Å²) in [6.07, 6.45) is 40.6. The number of allylic oxidation sites excluding steroid dienone is 1. The van der Waals surface area contributed by atoms with Gasteiger partial charge in [0.25, 0.3) is 0 Å². The van der Waals surface area contributed by atoms with E-state index in [-0.39, 0.29) is 6.10 Å². The summed E-state index contributed by atoms with van der Waals surface area (Å²) in [4.78, 5) is 0. The Balaban J connectivity index is 1.07. The van der Waals surface area contributed by atoms with Crippen LogP contribution in [0.15, 0.2) is 11.6 Å². The van der Waals surface area contributed by atoms with Crippen LogP contribution in [-0.4, -0.2) is 32.0 Å². The fourth-order valence-electron chi connectivity index (χ4n) is 12.1. The van der Waals surface area contributed by atoms with Gasteiger partial charge in [-0.25, -0.2) is 0 Å². The summed E-state index contributed by atoms with van der Waals surface area (Å²) in [6, 6.07) is 0. The second-order valence-electron chi connectivity index (χ2n) is 19.5. The summed E-state index contributed by atoms with van der Waals surface area (Å²) in [5.74, 6) is 5.41. The van der Waals surface area contributed by atoms with E-state index < -0.39 is 0 Å². The van der Waals surface area contributed by atoms with Crippen LogP contribution in [0.5, 0.6) is 0 Å². The first-order valence-corrected chi connectivity index (χ1v) is 23.4. The molecule has 0 amide bonds. The highest BCUT2D eigenvalue weighted by molar-refractivity contribution is 5.25. The Morgan fingerprint density at radius 3 is 1.96 bits per heavy atom. The molecular weight excluding hydrogens is 623 g/mol. The summed E-state index contributed by atoms with van der Waals surface area (Å²) >= 11 is 0. The fraction of sp³-hybridized carbons (Fsp3) is 0.958. The van der Waals surface area contributed by atoms with Crippen LogP contribution in [0.2, 0.25) is 0 Å². The molecule has 298 valence electrons. The highest BCUT2D eigenvalue weighted by atomic mass is 16.5. The van der Waals surface area contributed by atoms with Crippen molar-refractivity contribution < 1.29 is 9.47 Å². The second-order valence-corrected chi connectivity index (χ2v) is 19.5. The lowest BCUT2D eigenvalue weighted by Crippen LogP contribution is -2.51. The number of hydrogen-bond donors (Lipinski definition) is 1. The summed E-state index contributed by atoms with van der Waals surface area (Å²) in [5, 5.41) is 0. The summed E-state index contributed by atoms with van der Waals surface area (Å²) < 4.78 is 12.8. The minimum Gasteiger partial charge on any atom is -0.375 e. The quantitative estimate of drug-likeness (QED) is 0.0681. The first-order valence-electron chi connectivity index (χ1n) is 23.4. The highest BCUT2D eigenvalue weighted by Crippen LogP contribution is 2.67. The number of unbranched alkanes of at least 4 members (excludes halogenated alkanes) is 15. The molecule has 0 bridgehead atoms. The predicted molar refractivity (Wildman–Crippen MR) is 221 cm³/mol. The van der Waals surface area contributed by atoms with Gasteiger partial charge in [0.1, 0.15) is 0 Å². The Hall–Kier alpha value is -0.380.